The van der Waals surface area contributed by atoms with E-state index in [1.807, 2.05) is 6.07 Å². The van der Waals surface area contributed by atoms with Crippen molar-refractivity contribution in [2.45, 2.75) is 33.3 Å². The highest BCUT2D eigenvalue weighted by Gasteiger charge is 2.26. The topological polar surface area (TPSA) is 46.6 Å². The summed E-state index contributed by atoms with van der Waals surface area (Å²) < 4.78 is 5.99. The van der Waals surface area contributed by atoms with Crippen LogP contribution in [-0.4, -0.2) is 17.6 Å². The van der Waals surface area contributed by atoms with E-state index in [0.29, 0.717) is 5.69 Å². The van der Waals surface area contributed by atoms with Crippen LogP contribution in [0.3, 0.4) is 0 Å². The van der Waals surface area contributed by atoms with Crippen LogP contribution in [0.5, 0.6) is 0 Å². The molecule has 18 heavy (non-hydrogen) atoms. The lowest BCUT2D eigenvalue weighted by molar-refractivity contribution is -0.116. The molecule has 1 rings (SSSR count). The van der Waals surface area contributed by atoms with Gasteiger partial charge in [-0.15, -0.1) is 0 Å². The van der Waals surface area contributed by atoms with Crippen LogP contribution in [0.25, 0.3) is 0 Å². The van der Waals surface area contributed by atoms with Crippen LogP contribution in [-0.2, 0) is 9.53 Å². The summed E-state index contributed by atoms with van der Waals surface area (Å²) in [6.45, 7) is 6.59. The smallest absolute Gasteiger partial charge is 0.421 e. The largest absolute Gasteiger partial charge is 0.443 e. The fourth-order valence-electron chi connectivity index (χ4n) is 1.34. The number of imide groups is 1. The van der Waals surface area contributed by atoms with Crippen LogP contribution in [0, 0.1) is 0 Å². The van der Waals surface area contributed by atoms with Crippen LogP contribution in [0.2, 0.25) is 0 Å². The number of anilines is 1. The van der Waals surface area contributed by atoms with E-state index in [2.05, 4.69) is 15.9 Å². The summed E-state index contributed by atoms with van der Waals surface area (Å²) >= 11 is 3.30. The van der Waals surface area contributed by atoms with Crippen LogP contribution >= 0.6 is 15.9 Å². The summed E-state index contributed by atoms with van der Waals surface area (Å²) in [5, 5.41) is 0. The van der Waals surface area contributed by atoms with Gasteiger partial charge in [-0.2, -0.15) is 0 Å². The zero-order valence-electron chi connectivity index (χ0n) is 10.9. The Morgan fingerprint density at radius 1 is 1.28 bits per heavy atom. The van der Waals surface area contributed by atoms with Crippen molar-refractivity contribution in [3.05, 3.63) is 28.7 Å². The Balaban J connectivity index is 3.04. The van der Waals surface area contributed by atoms with Gasteiger partial charge in [0.05, 0.1) is 5.69 Å². The number of amides is 2. The molecular formula is C13H16BrNO3. The van der Waals surface area contributed by atoms with Crippen molar-refractivity contribution in [1.82, 2.24) is 0 Å². The van der Waals surface area contributed by atoms with E-state index in [-0.39, 0.29) is 5.91 Å². The second-order valence-electron chi connectivity index (χ2n) is 4.81. The van der Waals surface area contributed by atoms with E-state index in [4.69, 9.17) is 4.74 Å². The lowest BCUT2D eigenvalue weighted by Gasteiger charge is -2.25. The average molecular weight is 314 g/mol. The molecular weight excluding hydrogens is 298 g/mol. The monoisotopic (exact) mass is 313 g/mol. The van der Waals surface area contributed by atoms with Crippen molar-refractivity contribution >= 4 is 33.6 Å². The van der Waals surface area contributed by atoms with Gasteiger partial charge in [-0.3, -0.25) is 4.79 Å². The minimum absolute atomic E-state index is 0.387. The second kappa shape index (κ2) is 5.52. The number of rotatable bonds is 1. The highest BCUT2D eigenvalue weighted by Crippen LogP contribution is 2.22. The van der Waals surface area contributed by atoms with Gasteiger partial charge in [-0.25, -0.2) is 9.69 Å². The normalized spacial score (nSPS) is 10.9. The SMILES string of the molecule is CC(=O)N(C(=O)OC(C)(C)C)c1cccc(Br)c1. The Hall–Kier alpha value is -1.36. The van der Waals surface area contributed by atoms with E-state index in [1.54, 1.807) is 39.0 Å². The van der Waals surface area contributed by atoms with Gasteiger partial charge in [0, 0.05) is 11.4 Å². The predicted molar refractivity (Wildman–Crippen MR) is 73.5 cm³/mol. The molecule has 0 aromatic heterocycles. The van der Waals surface area contributed by atoms with E-state index in [0.717, 1.165) is 9.37 Å². The molecule has 0 unspecified atom stereocenters. The number of hydrogen-bond donors (Lipinski definition) is 0. The fourth-order valence-corrected chi connectivity index (χ4v) is 1.73. The van der Waals surface area contributed by atoms with Gasteiger partial charge in [0.25, 0.3) is 0 Å². The Morgan fingerprint density at radius 3 is 2.33 bits per heavy atom. The predicted octanol–water partition coefficient (Wildman–Crippen LogP) is 3.74. The lowest BCUT2D eigenvalue weighted by Crippen LogP contribution is -2.39. The lowest BCUT2D eigenvalue weighted by atomic mass is 10.2. The molecule has 0 aliphatic carbocycles. The number of halogens is 1. The molecule has 0 heterocycles. The molecule has 0 radical (unpaired) electrons. The Bertz CT molecular complexity index is 466. The van der Waals surface area contributed by atoms with E-state index in [9.17, 15) is 9.59 Å². The maximum atomic E-state index is 12.0. The van der Waals surface area contributed by atoms with Crippen molar-refractivity contribution in [3.8, 4) is 0 Å². The fraction of sp³-hybridized carbons (Fsp3) is 0.385. The van der Waals surface area contributed by atoms with Crippen molar-refractivity contribution in [2.24, 2.45) is 0 Å². The standard InChI is InChI=1S/C13H16BrNO3/c1-9(16)15(12(17)18-13(2,3)4)11-7-5-6-10(14)8-11/h5-8H,1-4H3. The number of carbonyl (C=O) groups is 2. The first-order valence-electron chi connectivity index (χ1n) is 5.50. The zero-order chi connectivity index (χ0) is 13.9. The summed E-state index contributed by atoms with van der Waals surface area (Å²) in [6, 6.07) is 6.93. The van der Waals surface area contributed by atoms with E-state index >= 15 is 0 Å². The van der Waals surface area contributed by atoms with Crippen molar-refractivity contribution in [2.75, 3.05) is 4.90 Å². The molecule has 0 saturated heterocycles. The zero-order valence-corrected chi connectivity index (χ0v) is 12.4. The van der Waals surface area contributed by atoms with Crippen molar-refractivity contribution in [3.63, 3.8) is 0 Å². The maximum absolute atomic E-state index is 12.0. The molecule has 2 amide bonds. The quantitative estimate of drug-likeness (QED) is 0.793. The molecule has 5 heteroatoms. The van der Waals surface area contributed by atoms with Gasteiger partial charge in [0.1, 0.15) is 5.60 Å². The van der Waals surface area contributed by atoms with Gasteiger partial charge in [-0.05, 0) is 39.0 Å². The molecule has 0 saturated carbocycles. The number of hydrogen-bond acceptors (Lipinski definition) is 3. The van der Waals surface area contributed by atoms with Crippen LogP contribution in [0.1, 0.15) is 27.7 Å². The summed E-state index contributed by atoms with van der Waals surface area (Å²) in [5.74, 6) is -0.387. The molecule has 0 aliphatic rings. The summed E-state index contributed by atoms with van der Waals surface area (Å²) in [7, 11) is 0. The molecule has 98 valence electrons. The number of benzene rings is 1. The molecule has 0 atom stereocenters. The van der Waals surface area contributed by atoms with Crippen LogP contribution in [0.15, 0.2) is 28.7 Å². The molecule has 0 spiro atoms. The Labute approximate surface area is 115 Å². The average Bonchev–Trinajstić information content (AvgIpc) is 2.13. The molecule has 1 aromatic carbocycles. The van der Waals surface area contributed by atoms with Crippen molar-refractivity contribution < 1.29 is 14.3 Å². The molecule has 0 bridgehead atoms. The van der Waals surface area contributed by atoms with E-state index in [1.165, 1.54) is 6.92 Å². The first kappa shape index (κ1) is 14.7. The first-order chi connectivity index (χ1) is 8.20. The van der Waals surface area contributed by atoms with Gasteiger partial charge in [0.15, 0.2) is 0 Å². The second-order valence-corrected chi connectivity index (χ2v) is 5.73. The van der Waals surface area contributed by atoms with Gasteiger partial charge in [0.2, 0.25) is 5.91 Å². The van der Waals surface area contributed by atoms with Crippen molar-refractivity contribution in [1.29, 1.82) is 0 Å². The Kier molecular flexibility index (Phi) is 4.51. The number of nitrogens with zero attached hydrogens (tertiary/aromatic N) is 1. The molecule has 0 N–H and O–H groups in total. The van der Waals surface area contributed by atoms with Gasteiger partial charge in [-0.1, -0.05) is 22.0 Å². The highest BCUT2D eigenvalue weighted by atomic mass is 79.9. The van der Waals surface area contributed by atoms with Crippen LogP contribution in [0.4, 0.5) is 10.5 Å². The third-order valence-corrected chi connectivity index (χ3v) is 2.45. The Morgan fingerprint density at radius 2 is 1.89 bits per heavy atom. The third-order valence-electron chi connectivity index (χ3n) is 1.96. The highest BCUT2D eigenvalue weighted by molar-refractivity contribution is 9.10. The molecule has 0 aliphatic heterocycles. The minimum atomic E-state index is -0.673. The summed E-state index contributed by atoms with van der Waals surface area (Å²) in [6.07, 6.45) is -0.673. The summed E-state index contributed by atoms with van der Waals surface area (Å²) in [5.41, 5.74) is -0.164. The molecule has 1 aromatic rings. The first-order valence-corrected chi connectivity index (χ1v) is 6.29. The maximum Gasteiger partial charge on any atom is 0.421 e. The molecule has 0 fully saturated rings. The number of carbonyl (C=O) groups excluding carboxylic acids is 2. The minimum Gasteiger partial charge on any atom is -0.443 e. The van der Waals surface area contributed by atoms with E-state index < -0.39 is 11.7 Å². The third kappa shape index (κ3) is 4.14. The number of ether oxygens (including phenoxy) is 1. The van der Waals surface area contributed by atoms with Gasteiger partial charge >= 0.3 is 6.09 Å². The van der Waals surface area contributed by atoms with Crippen LogP contribution < -0.4 is 4.90 Å². The molecule has 4 nitrogen and oxygen atoms in total. The van der Waals surface area contributed by atoms with Gasteiger partial charge < -0.3 is 4.74 Å². The summed E-state index contributed by atoms with van der Waals surface area (Å²) in [4.78, 5) is 24.6.